The number of aryl methyl sites for hydroxylation is 2. The molecule has 1 aromatic rings. The van der Waals surface area contributed by atoms with Crippen LogP contribution in [-0.2, 0) is 17.0 Å². The van der Waals surface area contributed by atoms with Crippen LogP contribution < -0.4 is 4.72 Å². The fourth-order valence-electron chi connectivity index (χ4n) is 1.55. The Kier molecular flexibility index (Phi) is 3.52. The standard InChI is InChI=1S/C10H10F3N3S2/c1-6-3-4-8(5-7(6)2)9(10(11,12)13)14-17-16-18-15-9/h3-5,14H,1-2H3. The highest BCUT2D eigenvalue weighted by molar-refractivity contribution is 7.99. The quantitative estimate of drug-likeness (QED) is 0.803. The Morgan fingerprint density at radius 1 is 1.22 bits per heavy atom. The largest absolute Gasteiger partial charge is 0.433 e. The average molecular weight is 293 g/mol. The molecule has 0 radical (unpaired) electrons. The smallest absolute Gasteiger partial charge is 0.205 e. The minimum Gasteiger partial charge on any atom is -0.205 e. The first kappa shape index (κ1) is 13.6. The van der Waals surface area contributed by atoms with Crippen molar-refractivity contribution in [1.82, 2.24) is 4.72 Å². The number of alkyl halides is 3. The predicted molar refractivity (Wildman–Crippen MR) is 66.6 cm³/mol. The summed E-state index contributed by atoms with van der Waals surface area (Å²) in [6.07, 6.45) is -4.52. The van der Waals surface area contributed by atoms with Crippen LogP contribution in [-0.4, -0.2) is 6.18 Å². The summed E-state index contributed by atoms with van der Waals surface area (Å²) in [5.74, 6) is 0. The highest BCUT2D eigenvalue weighted by atomic mass is 32.2. The maximum atomic E-state index is 13.3. The lowest BCUT2D eigenvalue weighted by molar-refractivity contribution is -0.191. The van der Waals surface area contributed by atoms with Gasteiger partial charge in [0.1, 0.15) is 0 Å². The van der Waals surface area contributed by atoms with Gasteiger partial charge in [-0.1, -0.05) is 18.2 Å². The molecule has 1 heterocycles. The zero-order valence-corrected chi connectivity index (χ0v) is 11.2. The zero-order valence-electron chi connectivity index (χ0n) is 9.58. The predicted octanol–water partition coefficient (Wildman–Crippen LogP) is 3.63. The van der Waals surface area contributed by atoms with Crippen molar-refractivity contribution in [2.45, 2.75) is 25.7 Å². The van der Waals surface area contributed by atoms with Crippen molar-refractivity contribution in [2.24, 2.45) is 8.13 Å². The molecule has 1 N–H and O–H groups in total. The van der Waals surface area contributed by atoms with Crippen molar-refractivity contribution < 1.29 is 13.2 Å². The third-order valence-corrected chi connectivity index (χ3v) is 4.08. The molecule has 8 heteroatoms. The molecule has 2 rings (SSSR count). The molecule has 0 amide bonds. The number of benzene rings is 1. The monoisotopic (exact) mass is 293 g/mol. The van der Waals surface area contributed by atoms with E-state index in [9.17, 15) is 13.2 Å². The van der Waals surface area contributed by atoms with Crippen LogP contribution in [0, 0.1) is 13.8 Å². The van der Waals surface area contributed by atoms with Crippen molar-refractivity contribution in [3.05, 3.63) is 34.9 Å². The second-order valence-electron chi connectivity index (χ2n) is 3.95. The number of rotatable bonds is 1. The van der Waals surface area contributed by atoms with Crippen LogP contribution in [0.1, 0.15) is 16.7 Å². The molecule has 1 aromatic carbocycles. The van der Waals surface area contributed by atoms with Crippen molar-refractivity contribution >= 4 is 23.5 Å². The van der Waals surface area contributed by atoms with Gasteiger partial charge in [-0.25, -0.2) is 4.72 Å². The van der Waals surface area contributed by atoms with Gasteiger partial charge in [-0.2, -0.15) is 17.5 Å². The molecule has 0 saturated heterocycles. The van der Waals surface area contributed by atoms with E-state index in [0.29, 0.717) is 23.5 Å². The Morgan fingerprint density at radius 3 is 2.44 bits per heavy atom. The summed E-state index contributed by atoms with van der Waals surface area (Å²) in [5.41, 5.74) is -0.585. The first-order valence-corrected chi connectivity index (χ1v) is 6.53. The summed E-state index contributed by atoms with van der Waals surface area (Å²) in [7, 11) is 0. The summed E-state index contributed by atoms with van der Waals surface area (Å²) in [6.45, 7) is 3.63. The van der Waals surface area contributed by atoms with Gasteiger partial charge in [0.25, 0.3) is 5.66 Å². The summed E-state index contributed by atoms with van der Waals surface area (Å²) in [5, 5.41) is 0. The third kappa shape index (κ3) is 2.19. The summed E-state index contributed by atoms with van der Waals surface area (Å²) < 4.78 is 49.3. The van der Waals surface area contributed by atoms with Crippen LogP contribution in [0.15, 0.2) is 26.3 Å². The first-order valence-electron chi connectivity index (χ1n) is 5.03. The Hall–Kier alpha value is -0.860. The van der Waals surface area contributed by atoms with Crippen molar-refractivity contribution in [2.75, 3.05) is 0 Å². The Morgan fingerprint density at radius 2 is 1.94 bits per heavy atom. The molecule has 18 heavy (non-hydrogen) atoms. The van der Waals surface area contributed by atoms with Gasteiger partial charge >= 0.3 is 6.18 Å². The normalized spacial score (nSPS) is 23.8. The average Bonchev–Trinajstić information content (AvgIpc) is 2.32. The molecule has 0 fully saturated rings. The van der Waals surface area contributed by atoms with E-state index in [1.165, 1.54) is 12.1 Å². The molecule has 1 aliphatic rings. The number of nitrogens with zero attached hydrogens (tertiary/aromatic N) is 2. The molecule has 1 unspecified atom stereocenters. The third-order valence-electron chi connectivity index (χ3n) is 2.78. The topological polar surface area (TPSA) is 36.8 Å². The van der Waals surface area contributed by atoms with Crippen molar-refractivity contribution in [3.8, 4) is 0 Å². The lowest BCUT2D eigenvalue weighted by Gasteiger charge is -2.32. The van der Waals surface area contributed by atoms with Crippen molar-refractivity contribution in [3.63, 3.8) is 0 Å². The van der Waals surface area contributed by atoms with E-state index in [-0.39, 0.29) is 5.56 Å². The highest BCUT2D eigenvalue weighted by Gasteiger charge is 2.58. The van der Waals surface area contributed by atoms with Gasteiger partial charge in [0.2, 0.25) is 0 Å². The molecular weight excluding hydrogens is 283 g/mol. The molecule has 0 aromatic heterocycles. The van der Waals surface area contributed by atoms with Crippen LogP contribution in [0.4, 0.5) is 13.2 Å². The van der Waals surface area contributed by atoms with Crippen molar-refractivity contribution in [1.29, 1.82) is 0 Å². The maximum absolute atomic E-state index is 13.3. The van der Waals surface area contributed by atoms with E-state index in [1.807, 2.05) is 6.92 Å². The second kappa shape index (κ2) is 4.67. The summed E-state index contributed by atoms with van der Waals surface area (Å²) >= 11 is 1.22. The van der Waals surface area contributed by atoms with Crippen LogP contribution in [0.2, 0.25) is 0 Å². The van der Waals surface area contributed by atoms with Crippen LogP contribution in [0.25, 0.3) is 0 Å². The molecule has 0 bridgehead atoms. The Balaban J connectivity index is 2.61. The van der Waals surface area contributed by atoms with Gasteiger partial charge in [-0.05, 0) is 25.0 Å². The minimum atomic E-state index is -4.52. The van der Waals surface area contributed by atoms with Gasteiger partial charge in [0, 0.05) is 5.56 Å². The molecule has 3 nitrogen and oxygen atoms in total. The lowest BCUT2D eigenvalue weighted by Crippen LogP contribution is -2.50. The molecule has 0 saturated carbocycles. The molecule has 0 spiro atoms. The van der Waals surface area contributed by atoms with E-state index >= 15 is 0 Å². The van der Waals surface area contributed by atoms with E-state index in [1.54, 1.807) is 13.0 Å². The van der Waals surface area contributed by atoms with E-state index in [4.69, 9.17) is 0 Å². The molecule has 1 atom stereocenters. The summed E-state index contributed by atoms with van der Waals surface area (Å²) in [6, 6.07) is 4.61. The number of halogens is 3. The minimum absolute atomic E-state index is 0.0769. The Bertz CT molecular complexity index is 538. The Labute approximate surface area is 110 Å². The number of hydrogen-bond donors (Lipinski definition) is 1. The molecular formula is C10H10F3N3S2. The lowest BCUT2D eigenvalue weighted by atomic mass is 9.96. The van der Waals surface area contributed by atoms with E-state index in [2.05, 4.69) is 12.9 Å². The second-order valence-corrected chi connectivity index (χ2v) is 5.28. The van der Waals surface area contributed by atoms with E-state index in [0.717, 1.165) is 11.1 Å². The highest BCUT2D eigenvalue weighted by Crippen LogP contribution is 2.43. The number of nitrogens with one attached hydrogen (secondary N) is 1. The van der Waals surface area contributed by atoms with Crippen LogP contribution >= 0.6 is 12.1 Å². The van der Waals surface area contributed by atoms with Gasteiger partial charge in [-0.3, -0.25) is 0 Å². The van der Waals surface area contributed by atoms with Gasteiger partial charge in [0.15, 0.2) is 0 Å². The molecule has 0 aliphatic carbocycles. The fourth-order valence-corrected chi connectivity index (χ4v) is 2.81. The van der Waals surface area contributed by atoms with E-state index < -0.39 is 11.8 Å². The summed E-state index contributed by atoms with van der Waals surface area (Å²) in [4.78, 5) is 0. The number of hydrogen-bond acceptors (Lipinski definition) is 4. The zero-order chi connectivity index (χ0) is 13.4. The first-order chi connectivity index (χ1) is 8.37. The molecule has 98 valence electrons. The fraction of sp³-hybridized carbons (Fsp3) is 0.400. The van der Waals surface area contributed by atoms with Crippen LogP contribution in [0.5, 0.6) is 0 Å². The van der Waals surface area contributed by atoms with Gasteiger partial charge < -0.3 is 0 Å². The van der Waals surface area contributed by atoms with Gasteiger partial charge in [-0.15, -0.1) is 3.77 Å². The van der Waals surface area contributed by atoms with Crippen LogP contribution in [0.3, 0.4) is 0 Å². The molecule has 1 aliphatic heterocycles. The SMILES string of the molecule is Cc1ccc(C2(C(F)(F)F)N=S=NSN2)cc1C. The maximum Gasteiger partial charge on any atom is 0.433 e. The van der Waals surface area contributed by atoms with Gasteiger partial charge in [0.05, 0.1) is 23.5 Å².